The number of oxazole rings is 1. The zero-order valence-corrected chi connectivity index (χ0v) is 14.6. The maximum atomic E-state index is 12.4. The van der Waals surface area contributed by atoms with Gasteiger partial charge >= 0.3 is 0 Å². The Balaban J connectivity index is 0.000000659. The van der Waals surface area contributed by atoms with Crippen LogP contribution in [0.5, 0.6) is 0 Å². The standard InChI is InChI=1S/C17H18N4O3.CH2O2/c22-16(19-17-14-5-1-2-6-15(14)20-24-17)8-12-4-3-7-21(12)10-13-9-18-11-23-13;2-1-3/h1-2,5-6,9,11-12H,3-4,7-8,10H2,(H,19,22);1H,(H,2,3)/t12-;/m1./s1. The molecular formula is C18H20N4O5. The van der Waals surface area contributed by atoms with Crippen molar-refractivity contribution in [1.29, 1.82) is 0 Å². The molecule has 1 fully saturated rings. The first-order valence-corrected chi connectivity index (χ1v) is 8.54. The van der Waals surface area contributed by atoms with Gasteiger partial charge in [0.1, 0.15) is 11.3 Å². The van der Waals surface area contributed by atoms with Crippen molar-refractivity contribution < 1.29 is 23.6 Å². The lowest BCUT2D eigenvalue weighted by atomic mass is 10.1. The highest BCUT2D eigenvalue weighted by molar-refractivity contribution is 5.98. The van der Waals surface area contributed by atoms with E-state index >= 15 is 0 Å². The van der Waals surface area contributed by atoms with E-state index < -0.39 is 0 Å². The fraction of sp³-hybridized carbons (Fsp3) is 0.333. The van der Waals surface area contributed by atoms with Crippen LogP contribution in [0.3, 0.4) is 0 Å². The highest BCUT2D eigenvalue weighted by Gasteiger charge is 2.27. The minimum Gasteiger partial charge on any atom is -0.483 e. The molecule has 0 unspecified atom stereocenters. The molecule has 0 aliphatic carbocycles. The van der Waals surface area contributed by atoms with Gasteiger partial charge in [0, 0.05) is 12.5 Å². The molecule has 0 spiro atoms. The summed E-state index contributed by atoms with van der Waals surface area (Å²) in [4.78, 5) is 27.0. The van der Waals surface area contributed by atoms with Crippen molar-refractivity contribution in [2.75, 3.05) is 11.9 Å². The van der Waals surface area contributed by atoms with Crippen LogP contribution in [-0.2, 0) is 16.1 Å². The number of hydrogen-bond acceptors (Lipinski definition) is 7. The number of carbonyl (C=O) groups is 2. The Morgan fingerprint density at radius 2 is 2.22 bits per heavy atom. The highest BCUT2D eigenvalue weighted by Crippen LogP contribution is 2.25. The third-order valence-corrected chi connectivity index (χ3v) is 4.40. The molecule has 0 saturated carbocycles. The van der Waals surface area contributed by atoms with Gasteiger partial charge in [-0.1, -0.05) is 17.3 Å². The molecule has 1 amide bonds. The number of benzene rings is 1. The minimum absolute atomic E-state index is 0.0635. The number of likely N-dealkylation sites (tertiary alicyclic amines) is 1. The maximum absolute atomic E-state index is 12.4. The predicted molar refractivity (Wildman–Crippen MR) is 95.9 cm³/mol. The van der Waals surface area contributed by atoms with E-state index in [0.717, 1.165) is 36.0 Å². The van der Waals surface area contributed by atoms with Gasteiger partial charge in [-0.25, -0.2) is 4.98 Å². The van der Waals surface area contributed by atoms with Crippen molar-refractivity contribution in [3.05, 3.63) is 42.6 Å². The number of rotatable bonds is 5. The first-order valence-electron chi connectivity index (χ1n) is 8.54. The summed E-state index contributed by atoms with van der Waals surface area (Å²) >= 11 is 0. The molecule has 3 heterocycles. The van der Waals surface area contributed by atoms with Gasteiger partial charge in [-0.2, -0.15) is 0 Å². The molecule has 1 aliphatic rings. The maximum Gasteiger partial charge on any atom is 0.290 e. The number of nitrogens with zero attached hydrogens (tertiary/aromatic N) is 3. The number of hydrogen-bond donors (Lipinski definition) is 2. The largest absolute Gasteiger partial charge is 0.483 e. The molecule has 4 rings (SSSR count). The summed E-state index contributed by atoms with van der Waals surface area (Å²) in [6, 6.07) is 7.71. The molecule has 3 aromatic rings. The van der Waals surface area contributed by atoms with E-state index in [1.807, 2.05) is 24.3 Å². The third-order valence-electron chi connectivity index (χ3n) is 4.40. The van der Waals surface area contributed by atoms with Crippen LogP contribution >= 0.6 is 0 Å². The fourth-order valence-electron chi connectivity index (χ4n) is 3.23. The van der Waals surface area contributed by atoms with Crippen molar-refractivity contribution in [3.63, 3.8) is 0 Å². The second-order valence-electron chi connectivity index (χ2n) is 6.12. The molecule has 1 aromatic carbocycles. The molecule has 2 N–H and O–H groups in total. The van der Waals surface area contributed by atoms with Crippen LogP contribution in [0.15, 0.2) is 45.8 Å². The van der Waals surface area contributed by atoms with E-state index in [4.69, 9.17) is 18.8 Å². The minimum atomic E-state index is -0.250. The van der Waals surface area contributed by atoms with Crippen molar-refractivity contribution in [2.24, 2.45) is 0 Å². The smallest absolute Gasteiger partial charge is 0.290 e. The molecule has 1 atom stereocenters. The Labute approximate surface area is 154 Å². The molecule has 142 valence electrons. The molecule has 9 nitrogen and oxygen atoms in total. The summed E-state index contributed by atoms with van der Waals surface area (Å²) in [7, 11) is 0. The molecule has 0 bridgehead atoms. The van der Waals surface area contributed by atoms with Crippen LogP contribution in [0, 0.1) is 0 Å². The number of carbonyl (C=O) groups excluding carboxylic acids is 1. The third kappa shape index (κ3) is 4.70. The second kappa shape index (κ2) is 8.95. The van der Waals surface area contributed by atoms with Gasteiger partial charge in [-0.05, 0) is 31.5 Å². The molecule has 27 heavy (non-hydrogen) atoms. The number of carboxylic acid groups (broad SMARTS) is 1. The Kier molecular flexibility index (Phi) is 6.16. The van der Waals surface area contributed by atoms with E-state index in [1.54, 1.807) is 6.20 Å². The SMILES string of the molecule is O=C(C[C@H]1CCCN1Cc1cnco1)Nc1onc2ccccc12.O=CO. The molecular weight excluding hydrogens is 352 g/mol. The Morgan fingerprint density at radius 3 is 3.00 bits per heavy atom. The summed E-state index contributed by atoms with van der Waals surface area (Å²) < 4.78 is 10.5. The van der Waals surface area contributed by atoms with Crippen LogP contribution in [0.4, 0.5) is 5.88 Å². The van der Waals surface area contributed by atoms with Gasteiger partial charge in [0.25, 0.3) is 6.47 Å². The molecule has 9 heteroatoms. The quantitative estimate of drug-likeness (QED) is 0.655. The first-order chi connectivity index (χ1) is 13.2. The number of anilines is 1. The predicted octanol–water partition coefficient (Wildman–Crippen LogP) is 2.51. The van der Waals surface area contributed by atoms with Gasteiger partial charge in [0.2, 0.25) is 11.8 Å². The number of amides is 1. The lowest BCUT2D eigenvalue weighted by Gasteiger charge is -2.22. The van der Waals surface area contributed by atoms with Gasteiger partial charge in [-0.15, -0.1) is 0 Å². The average Bonchev–Trinajstić information content (AvgIpc) is 3.40. The number of aromatic nitrogens is 2. The van der Waals surface area contributed by atoms with Crippen LogP contribution in [0.1, 0.15) is 25.0 Å². The summed E-state index contributed by atoms with van der Waals surface area (Å²) in [5.41, 5.74) is 0.737. The summed E-state index contributed by atoms with van der Waals surface area (Å²) in [6.07, 6.45) is 5.65. The zero-order valence-electron chi connectivity index (χ0n) is 14.6. The molecule has 1 saturated heterocycles. The molecule has 2 aromatic heterocycles. The van der Waals surface area contributed by atoms with Crippen LogP contribution in [0.25, 0.3) is 10.9 Å². The molecule has 1 aliphatic heterocycles. The topological polar surface area (TPSA) is 122 Å². The number of nitrogens with one attached hydrogen (secondary N) is 1. The van der Waals surface area contributed by atoms with Crippen LogP contribution < -0.4 is 5.32 Å². The second-order valence-corrected chi connectivity index (χ2v) is 6.12. The lowest BCUT2D eigenvalue weighted by molar-refractivity contribution is -0.123. The summed E-state index contributed by atoms with van der Waals surface area (Å²) in [5, 5.41) is 14.5. The normalized spacial score (nSPS) is 16.7. The van der Waals surface area contributed by atoms with Gasteiger partial charge in [0.15, 0.2) is 6.39 Å². The zero-order chi connectivity index (χ0) is 19.1. The van der Waals surface area contributed by atoms with E-state index in [9.17, 15) is 4.79 Å². The van der Waals surface area contributed by atoms with Crippen LogP contribution in [-0.4, -0.2) is 45.1 Å². The van der Waals surface area contributed by atoms with E-state index in [0.29, 0.717) is 18.8 Å². The first kappa shape index (κ1) is 18.6. The van der Waals surface area contributed by atoms with E-state index in [2.05, 4.69) is 20.4 Å². The number of fused-ring (bicyclic) bond motifs is 1. The van der Waals surface area contributed by atoms with Crippen molar-refractivity contribution in [3.8, 4) is 0 Å². The van der Waals surface area contributed by atoms with Gasteiger partial charge in [0.05, 0.1) is 18.1 Å². The van der Waals surface area contributed by atoms with Crippen molar-refractivity contribution >= 4 is 29.2 Å². The average molecular weight is 372 g/mol. The Morgan fingerprint density at radius 1 is 1.41 bits per heavy atom. The lowest BCUT2D eigenvalue weighted by Crippen LogP contribution is -2.32. The monoisotopic (exact) mass is 372 g/mol. The molecule has 0 radical (unpaired) electrons. The Bertz CT molecular complexity index is 877. The van der Waals surface area contributed by atoms with Gasteiger partial charge < -0.3 is 14.0 Å². The van der Waals surface area contributed by atoms with Crippen molar-refractivity contribution in [2.45, 2.75) is 31.8 Å². The highest BCUT2D eigenvalue weighted by atomic mass is 16.5. The summed E-state index contributed by atoms with van der Waals surface area (Å²) in [5.74, 6) is 1.17. The van der Waals surface area contributed by atoms with E-state index in [-0.39, 0.29) is 18.4 Å². The Hall–Kier alpha value is -3.20. The van der Waals surface area contributed by atoms with Crippen molar-refractivity contribution in [1.82, 2.24) is 15.0 Å². The van der Waals surface area contributed by atoms with Gasteiger partial charge in [-0.3, -0.25) is 19.8 Å². The van der Waals surface area contributed by atoms with E-state index in [1.165, 1.54) is 6.39 Å². The van der Waals surface area contributed by atoms with Crippen LogP contribution in [0.2, 0.25) is 0 Å². The fourth-order valence-corrected chi connectivity index (χ4v) is 3.23. The summed E-state index contributed by atoms with van der Waals surface area (Å²) in [6.45, 7) is 1.40.